The number of fused-ring (bicyclic) bond motifs is 1. The third kappa shape index (κ3) is 2.94. The van der Waals surface area contributed by atoms with Gasteiger partial charge in [0.05, 0.1) is 10.2 Å². The van der Waals surface area contributed by atoms with E-state index >= 15 is 0 Å². The van der Waals surface area contributed by atoms with Crippen LogP contribution in [0.2, 0.25) is 5.15 Å². The first-order chi connectivity index (χ1) is 10.1. The number of anilines is 1. The van der Waals surface area contributed by atoms with Crippen molar-refractivity contribution in [1.82, 2.24) is 4.98 Å². The number of halogens is 2. The predicted octanol–water partition coefficient (Wildman–Crippen LogP) is 4.97. The molecule has 3 rings (SSSR count). The number of aliphatic hydroxyl groups excluding tert-OH is 1. The molecule has 0 aromatic carbocycles. The summed E-state index contributed by atoms with van der Waals surface area (Å²) < 4.78 is 6.37. The van der Waals surface area contributed by atoms with E-state index in [1.165, 1.54) is 4.88 Å². The molecule has 0 spiro atoms. The summed E-state index contributed by atoms with van der Waals surface area (Å²) in [7, 11) is 0. The summed E-state index contributed by atoms with van der Waals surface area (Å²) in [4.78, 5) is 5.47. The Labute approximate surface area is 138 Å². The van der Waals surface area contributed by atoms with E-state index < -0.39 is 6.10 Å². The fourth-order valence-electron chi connectivity index (χ4n) is 2.02. The molecule has 0 bridgehead atoms. The summed E-state index contributed by atoms with van der Waals surface area (Å²) in [6.07, 6.45) is -0.725. The second-order valence-electron chi connectivity index (χ2n) is 4.56. The number of nitrogens with zero attached hydrogens (tertiary/aromatic N) is 1. The molecule has 3 aromatic heterocycles. The van der Waals surface area contributed by atoms with Gasteiger partial charge in [-0.2, -0.15) is 0 Å². The van der Waals surface area contributed by atoms with Gasteiger partial charge in [-0.25, -0.2) is 4.98 Å². The molecular formula is C14H12BrClN2O2S. The van der Waals surface area contributed by atoms with Gasteiger partial charge in [-0.15, -0.1) is 11.3 Å². The highest BCUT2D eigenvalue weighted by molar-refractivity contribution is 9.10. The SMILES string of the molecule is CC(O)c1oc2c(NCc3cccs3)cc(Cl)nc2c1Br. The number of hydrogen-bond acceptors (Lipinski definition) is 5. The van der Waals surface area contributed by atoms with Crippen LogP contribution in [0.25, 0.3) is 11.1 Å². The minimum Gasteiger partial charge on any atom is -0.453 e. The van der Waals surface area contributed by atoms with Crippen molar-refractivity contribution in [3.63, 3.8) is 0 Å². The maximum atomic E-state index is 9.74. The zero-order valence-corrected chi connectivity index (χ0v) is 14.2. The van der Waals surface area contributed by atoms with E-state index in [4.69, 9.17) is 16.0 Å². The summed E-state index contributed by atoms with van der Waals surface area (Å²) in [5, 5.41) is 15.4. The molecule has 110 valence electrons. The summed E-state index contributed by atoms with van der Waals surface area (Å²) >= 11 is 11.2. The molecule has 0 aliphatic carbocycles. The number of furan rings is 1. The number of aromatic nitrogens is 1. The third-order valence-corrected chi connectivity index (χ3v) is 4.83. The number of nitrogens with one attached hydrogen (secondary N) is 1. The molecule has 0 aliphatic rings. The summed E-state index contributed by atoms with van der Waals surface area (Å²) in [6, 6.07) is 5.78. The highest BCUT2D eigenvalue weighted by Crippen LogP contribution is 2.38. The molecule has 0 radical (unpaired) electrons. The van der Waals surface area contributed by atoms with E-state index in [9.17, 15) is 5.11 Å². The van der Waals surface area contributed by atoms with Crippen molar-refractivity contribution in [1.29, 1.82) is 0 Å². The molecule has 1 atom stereocenters. The molecule has 0 aliphatic heterocycles. The summed E-state index contributed by atoms with van der Waals surface area (Å²) in [5.41, 5.74) is 1.94. The highest BCUT2D eigenvalue weighted by Gasteiger charge is 2.20. The smallest absolute Gasteiger partial charge is 0.177 e. The van der Waals surface area contributed by atoms with E-state index in [-0.39, 0.29) is 0 Å². The van der Waals surface area contributed by atoms with Gasteiger partial charge in [-0.1, -0.05) is 17.7 Å². The third-order valence-electron chi connectivity index (χ3n) is 2.99. The van der Waals surface area contributed by atoms with Crippen molar-refractivity contribution in [2.75, 3.05) is 5.32 Å². The number of hydrogen-bond donors (Lipinski definition) is 2. The number of rotatable bonds is 4. The summed E-state index contributed by atoms with van der Waals surface area (Å²) in [5.74, 6) is 0.443. The molecule has 3 heterocycles. The molecule has 0 amide bonds. The molecular weight excluding hydrogens is 376 g/mol. The Hall–Kier alpha value is -1.08. The molecule has 0 fully saturated rings. The monoisotopic (exact) mass is 386 g/mol. The first-order valence-corrected chi connectivity index (χ1v) is 8.34. The van der Waals surface area contributed by atoms with E-state index in [0.29, 0.717) is 33.0 Å². The Bertz CT molecular complexity index is 771. The van der Waals surface area contributed by atoms with Gasteiger partial charge in [-0.05, 0) is 34.3 Å². The number of thiophene rings is 1. The fourth-order valence-corrected chi connectivity index (χ4v) is 3.54. The van der Waals surface area contributed by atoms with Gasteiger partial charge in [-0.3, -0.25) is 0 Å². The zero-order chi connectivity index (χ0) is 15.0. The van der Waals surface area contributed by atoms with Crippen LogP contribution in [0, 0.1) is 0 Å². The minimum absolute atomic E-state index is 0.370. The Kier molecular flexibility index (Phi) is 4.21. The average Bonchev–Trinajstić information content (AvgIpc) is 3.05. The lowest BCUT2D eigenvalue weighted by molar-refractivity contribution is 0.171. The Morgan fingerprint density at radius 2 is 2.38 bits per heavy atom. The Morgan fingerprint density at radius 3 is 3.05 bits per heavy atom. The molecule has 1 unspecified atom stereocenters. The standard InChI is InChI=1S/C14H12BrClN2O2S/c1-7(19)13-11(15)12-14(20-13)9(5-10(16)18-12)17-6-8-3-2-4-21-8/h2-5,7,19H,6H2,1H3,(H,17,18). The van der Waals surface area contributed by atoms with E-state index in [1.807, 2.05) is 11.4 Å². The van der Waals surface area contributed by atoms with Crippen molar-refractivity contribution in [2.45, 2.75) is 19.6 Å². The first-order valence-electron chi connectivity index (χ1n) is 6.29. The quantitative estimate of drug-likeness (QED) is 0.620. The fraction of sp³-hybridized carbons (Fsp3) is 0.214. The lowest BCUT2D eigenvalue weighted by atomic mass is 10.3. The van der Waals surface area contributed by atoms with E-state index in [0.717, 1.165) is 5.69 Å². The molecule has 0 saturated carbocycles. The van der Waals surface area contributed by atoms with Gasteiger partial charge in [0, 0.05) is 17.5 Å². The maximum absolute atomic E-state index is 9.74. The topological polar surface area (TPSA) is 58.3 Å². The van der Waals surface area contributed by atoms with Crippen molar-refractivity contribution in [3.8, 4) is 0 Å². The van der Waals surface area contributed by atoms with Crippen LogP contribution in [0.15, 0.2) is 32.5 Å². The lowest BCUT2D eigenvalue weighted by Crippen LogP contribution is -1.98. The van der Waals surface area contributed by atoms with Crippen LogP contribution in [0.3, 0.4) is 0 Å². The van der Waals surface area contributed by atoms with E-state index in [1.54, 1.807) is 24.3 Å². The summed E-state index contributed by atoms with van der Waals surface area (Å²) in [6.45, 7) is 2.32. The molecule has 0 saturated heterocycles. The molecule has 7 heteroatoms. The predicted molar refractivity (Wildman–Crippen MR) is 89.0 cm³/mol. The molecule has 2 N–H and O–H groups in total. The lowest BCUT2D eigenvalue weighted by Gasteiger charge is -2.06. The van der Waals surface area contributed by atoms with Crippen molar-refractivity contribution in [2.24, 2.45) is 0 Å². The number of pyridine rings is 1. The van der Waals surface area contributed by atoms with Crippen LogP contribution < -0.4 is 5.32 Å². The van der Waals surface area contributed by atoms with Gasteiger partial charge in [0.15, 0.2) is 5.58 Å². The van der Waals surface area contributed by atoms with Gasteiger partial charge in [0.2, 0.25) is 0 Å². The Balaban J connectivity index is 2.02. The first kappa shape index (κ1) is 14.8. The van der Waals surface area contributed by atoms with Gasteiger partial charge >= 0.3 is 0 Å². The van der Waals surface area contributed by atoms with Crippen LogP contribution >= 0.6 is 38.9 Å². The second-order valence-corrected chi connectivity index (χ2v) is 6.77. The van der Waals surface area contributed by atoms with Crippen LogP contribution in [0.1, 0.15) is 23.7 Å². The van der Waals surface area contributed by atoms with Crippen LogP contribution in [-0.2, 0) is 6.54 Å². The molecule has 3 aromatic rings. The van der Waals surface area contributed by atoms with Crippen molar-refractivity contribution in [3.05, 3.63) is 43.8 Å². The molecule has 21 heavy (non-hydrogen) atoms. The second kappa shape index (κ2) is 5.96. The number of aliphatic hydroxyl groups is 1. The zero-order valence-electron chi connectivity index (χ0n) is 11.1. The van der Waals surface area contributed by atoms with Crippen molar-refractivity contribution >= 4 is 55.7 Å². The van der Waals surface area contributed by atoms with E-state index in [2.05, 4.69) is 32.3 Å². The Morgan fingerprint density at radius 1 is 1.57 bits per heavy atom. The van der Waals surface area contributed by atoms with Crippen LogP contribution in [0.5, 0.6) is 0 Å². The maximum Gasteiger partial charge on any atom is 0.177 e. The average molecular weight is 388 g/mol. The van der Waals surface area contributed by atoms with Gasteiger partial charge in [0.1, 0.15) is 22.5 Å². The highest BCUT2D eigenvalue weighted by atomic mass is 79.9. The van der Waals surface area contributed by atoms with Gasteiger partial charge < -0.3 is 14.8 Å². The van der Waals surface area contributed by atoms with Crippen LogP contribution in [0.4, 0.5) is 5.69 Å². The largest absolute Gasteiger partial charge is 0.453 e. The molecule has 4 nitrogen and oxygen atoms in total. The van der Waals surface area contributed by atoms with Crippen molar-refractivity contribution < 1.29 is 9.52 Å². The normalized spacial score (nSPS) is 12.8. The van der Waals surface area contributed by atoms with Gasteiger partial charge in [0.25, 0.3) is 0 Å². The van der Waals surface area contributed by atoms with Crippen LogP contribution in [-0.4, -0.2) is 10.1 Å². The minimum atomic E-state index is -0.725.